The lowest BCUT2D eigenvalue weighted by atomic mass is 9.84. The van der Waals surface area contributed by atoms with Crippen molar-refractivity contribution >= 4 is 11.6 Å². The first kappa shape index (κ1) is 23.1. The van der Waals surface area contributed by atoms with Gasteiger partial charge in [0, 0.05) is 38.9 Å². The number of para-hydroxylation sites is 1. The van der Waals surface area contributed by atoms with Crippen LogP contribution in [0, 0.1) is 12.8 Å². The van der Waals surface area contributed by atoms with Gasteiger partial charge in [0.2, 0.25) is 0 Å². The molecule has 1 aliphatic carbocycles. The minimum Gasteiger partial charge on any atom is -0.375 e. The number of nitrogens with one attached hydrogen (secondary N) is 2. The van der Waals surface area contributed by atoms with Crippen molar-refractivity contribution in [2.75, 3.05) is 25.0 Å². The molecule has 0 aliphatic heterocycles. The van der Waals surface area contributed by atoms with E-state index in [-0.39, 0.29) is 0 Å². The number of rotatable bonds is 9. The maximum atomic E-state index is 4.83. The molecule has 7 heteroatoms. The summed E-state index contributed by atoms with van der Waals surface area (Å²) < 4.78 is 2.00. The number of hydrogen-bond donors (Lipinski definition) is 2. The molecule has 3 rings (SSSR count). The normalized spacial score (nSPS) is 19.3. The third kappa shape index (κ3) is 6.97. The molecule has 1 saturated carbocycles. The first-order valence-corrected chi connectivity index (χ1v) is 11.7. The third-order valence-corrected chi connectivity index (χ3v) is 6.49. The Balaban J connectivity index is 1.53. The van der Waals surface area contributed by atoms with Gasteiger partial charge < -0.3 is 20.1 Å². The smallest absolute Gasteiger partial charge is 0.191 e. The Morgan fingerprint density at radius 2 is 1.90 bits per heavy atom. The summed E-state index contributed by atoms with van der Waals surface area (Å²) in [5, 5.41) is 15.6. The van der Waals surface area contributed by atoms with Gasteiger partial charge in [-0.05, 0) is 57.1 Å². The highest BCUT2D eigenvalue weighted by Crippen LogP contribution is 2.26. The van der Waals surface area contributed by atoms with E-state index in [4.69, 9.17) is 4.99 Å². The van der Waals surface area contributed by atoms with Gasteiger partial charge in [0.05, 0.1) is 0 Å². The highest BCUT2D eigenvalue weighted by atomic mass is 15.3. The fourth-order valence-electron chi connectivity index (χ4n) is 4.13. The number of benzene rings is 1. The lowest BCUT2D eigenvalue weighted by Crippen LogP contribution is -2.45. The first-order valence-electron chi connectivity index (χ1n) is 11.7. The molecule has 1 aromatic carbocycles. The van der Waals surface area contributed by atoms with Crippen LogP contribution < -0.4 is 15.5 Å². The van der Waals surface area contributed by atoms with Crippen LogP contribution in [0.2, 0.25) is 0 Å². The summed E-state index contributed by atoms with van der Waals surface area (Å²) in [5.74, 6) is 3.58. The van der Waals surface area contributed by atoms with Crippen LogP contribution in [-0.2, 0) is 13.6 Å². The fourth-order valence-corrected chi connectivity index (χ4v) is 4.13. The summed E-state index contributed by atoms with van der Waals surface area (Å²) in [6.45, 7) is 6.68. The van der Waals surface area contributed by atoms with Crippen LogP contribution in [0.1, 0.15) is 57.1 Å². The predicted octanol–water partition coefficient (Wildman–Crippen LogP) is 3.65. The van der Waals surface area contributed by atoms with Crippen molar-refractivity contribution in [1.29, 1.82) is 0 Å². The minimum atomic E-state index is 0.502. The Bertz CT molecular complexity index is 807. The molecule has 0 spiro atoms. The van der Waals surface area contributed by atoms with Crippen molar-refractivity contribution in [3.05, 3.63) is 42.0 Å². The highest BCUT2D eigenvalue weighted by Gasteiger charge is 2.20. The highest BCUT2D eigenvalue weighted by molar-refractivity contribution is 5.80. The quantitative estimate of drug-likeness (QED) is 0.365. The van der Waals surface area contributed by atoms with E-state index in [2.05, 4.69) is 70.0 Å². The second-order valence-electron chi connectivity index (χ2n) is 8.69. The number of hydrogen-bond acceptors (Lipinski definition) is 4. The zero-order valence-electron chi connectivity index (χ0n) is 19.6. The summed E-state index contributed by atoms with van der Waals surface area (Å²) in [7, 11) is 4.14. The maximum absolute atomic E-state index is 4.83. The standard InChI is InChI=1S/C24H39N7/c1-5-20-12-14-21(15-13-20)27-24(26-18-23-29-28-19(2)31(23)4)25-16-9-17-30(3)22-10-7-6-8-11-22/h6-8,10-11,20-21H,5,9,12-18H2,1-4H3,(H2,25,26,27). The van der Waals surface area contributed by atoms with Crippen molar-refractivity contribution < 1.29 is 0 Å². The summed E-state index contributed by atoms with van der Waals surface area (Å²) in [6.07, 6.45) is 7.40. The minimum absolute atomic E-state index is 0.502. The second kappa shape index (κ2) is 11.7. The van der Waals surface area contributed by atoms with Crippen LogP contribution in [0.15, 0.2) is 35.3 Å². The van der Waals surface area contributed by atoms with E-state index < -0.39 is 0 Å². The lowest BCUT2D eigenvalue weighted by Gasteiger charge is -2.29. The van der Waals surface area contributed by atoms with Gasteiger partial charge in [0.15, 0.2) is 11.8 Å². The van der Waals surface area contributed by atoms with Crippen molar-refractivity contribution in [3.8, 4) is 0 Å². The molecular formula is C24H39N7. The van der Waals surface area contributed by atoms with Gasteiger partial charge in [0.25, 0.3) is 0 Å². The van der Waals surface area contributed by atoms with Crippen molar-refractivity contribution in [1.82, 2.24) is 25.4 Å². The van der Waals surface area contributed by atoms with E-state index >= 15 is 0 Å². The average molecular weight is 426 g/mol. The Morgan fingerprint density at radius 3 is 2.55 bits per heavy atom. The molecule has 1 aliphatic rings. The molecule has 0 amide bonds. The van der Waals surface area contributed by atoms with Crippen molar-refractivity contribution in [2.24, 2.45) is 18.0 Å². The molecule has 0 saturated heterocycles. The van der Waals surface area contributed by atoms with E-state index in [1.807, 2.05) is 18.5 Å². The van der Waals surface area contributed by atoms with Crippen LogP contribution in [0.3, 0.4) is 0 Å². The molecule has 2 N–H and O–H groups in total. The topological polar surface area (TPSA) is 70.4 Å². The largest absolute Gasteiger partial charge is 0.375 e. The lowest BCUT2D eigenvalue weighted by molar-refractivity contribution is 0.304. The molecular weight excluding hydrogens is 386 g/mol. The molecule has 170 valence electrons. The average Bonchev–Trinajstić information content (AvgIpc) is 3.13. The maximum Gasteiger partial charge on any atom is 0.191 e. The molecule has 0 unspecified atom stereocenters. The molecule has 0 radical (unpaired) electrons. The van der Waals surface area contributed by atoms with Crippen LogP contribution in [-0.4, -0.2) is 46.9 Å². The van der Waals surface area contributed by atoms with E-state index in [1.54, 1.807) is 0 Å². The zero-order valence-corrected chi connectivity index (χ0v) is 19.6. The molecule has 7 nitrogen and oxygen atoms in total. The van der Waals surface area contributed by atoms with Crippen LogP contribution >= 0.6 is 0 Å². The summed E-state index contributed by atoms with van der Waals surface area (Å²) in [5.41, 5.74) is 1.25. The number of nitrogens with zero attached hydrogens (tertiary/aromatic N) is 5. The van der Waals surface area contributed by atoms with Gasteiger partial charge in [0.1, 0.15) is 12.4 Å². The monoisotopic (exact) mass is 425 g/mol. The molecule has 31 heavy (non-hydrogen) atoms. The fraction of sp³-hybridized carbons (Fsp3) is 0.625. The number of aryl methyl sites for hydroxylation is 1. The molecule has 1 fully saturated rings. The first-order chi connectivity index (χ1) is 15.1. The van der Waals surface area contributed by atoms with Crippen LogP contribution in [0.25, 0.3) is 0 Å². The Morgan fingerprint density at radius 1 is 1.16 bits per heavy atom. The molecule has 1 heterocycles. The SMILES string of the molecule is CCC1CCC(NC(=NCc2nnc(C)n2C)NCCCN(C)c2ccccc2)CC1. The summed E-state index contributed by atoms with van der Waals surface area (Å²) in [4.78, 5) is 7.13. The van der Waals surface area contributed by atoms with Crippen LogP contribution in [0.4, 0.5) is 5.69 Å². The van der Waals surface area contributed by atoms with Gasteiger partial charge in [-0.2, -0.15) is 0 Å². The summed E-state index contributed by atoms with van der Waals surface area (Å²) in [6, 6.07) is 11.0. The van der Waals surface area contributed by atoms with Crippen LogP contribution in [0.5, 0.6) is 0 Å². The van der Waals surface area contributed by atoms with E-state index in [1.165, 1.54) is 37.8 Å². The van der Waals surface area contributed by atoms with Gasteiger partial charge in [-0.25, -0.2) is 4.99 Å². The Hall–Kier alpha value is -2.57. The number of guanidine groups is 1. The Labute approximate surface area is 187 Å². The molecule has 0 bridgehead atoms. The molecule has 2 aromatic rings. The number of aromatic nitrogens is 3. The second-order valence-corrected chi connectivity index (χ2v) is 8.69. The Kier molecular flexibility index (Phi) is 8.74. The van der Waals surface area contributed by atoms with Crippen molar-refractivity contribution in [3.63, 3.8) is 0 Å². The van der Waals surface area contributed by atoms with Gasteiger partial charge >= 0.3 is 0 Å². The van der Waals surface area contributed by atoms with E-state index in [0.717, 1.165) is 43.0 Å². The summed E-state index contributed by atoms with van der Waals surface area (Å²) >= 11 is 0. The van der Waals surface area contributed by atoms with Gasteiger partial charge in [-0.3, -0.25) is 0 Å². The third-order valence-electron chi connectivity index (χ3n) is 6.49. The van der Waals surface area contributed by atoms with Gasteiger partial charge in [-0.1, -0.05) is 31.5 Å². The van der Waals surface area contributed by atoms with Crippen molar-refractivity contribution in [2.45, 2.75) is 65.0 Å². The van der Waals surface area contributed by atoms with E-state index in [0.29, 0.717) is 12.6 Å². The number of aliphatic imine (C=N–C) groups is 1. The predicted molar refractivity (Wildman–Crippen MR) is 128 cm³/mol. The zero-order chi connectivity index (χ0) is 22.1. The molecule has 1 aromatic heterocycles. The number of anilines is 1. The van der Waals surface area contributed by atoms with E-state index in [9.17, 15) is 0 Å². The van der Waals surface area contributed by atoms with Gasteiger partial charge in [-0.15, -0.1) is 10.2 Å². The molecule has 0 atom stereocenters.